The number of fused-ring (bicyclic) bond motifs is 10. The summed E-state index contributed by atoms with van der Waals surface area (Å²) in [6.07, 6.45) is 0. The van der Waals surface area contributed by atoms with Gasteiger partial charge in [0.15, 0.2) is 0 Å². The molecule has 0 fully saturated rings. The van der Waals surface area contributed by atoms with Crippen LogP contribution in [0.25, 0.3) is 22.3 Å². The Balaban J connectivity index is 1.88. The van der Waals surface area contributed by atoms with E-state index >= 15 is 0 Å². The van der Waals surface area contributed by atoms with Gasteiger partial charge in [0, 0.05) is 4.47 Å². The normalized spacial score (nSPS) is 18.1. The Bertz CT molecular complexity index is 1160. The van der Waals surface area contributed by atoms with Crippen molar-refractivity contribution in [2.45, 2.75) is 5.41 Å². The molecule has 0 heterocycles. The van der Waals surface area contributed by atoms with Crippen LogP contribution in [0.4, 0.5) is 0 Å². The summed E-state index contributed by atoms with van der Waals surface area (Å²) in [5.74, 6) is 0.307. The molecule has 0 radical (unpaired) electrons. The van der Waals surface area contributed by atoms with Crippen molar-refractivity contribution >= 4 is 15.9 Å². The molecule has 128 valence electrons. The standard InChI is InChI=1S/C25H15BrO/c26-15-9-11-19-17-5-1-3-7-21(17)25(23(19)13-15)22-8-4-2-6-18(22)20-12-10-16(27)14-24(20)25/h1-14,27H. The molecular weight excluding hydrogens is 396 g/mol. The summed E-state index contributed by atoms with van der Waals surface area (Å²) in [6, 6.07) is 29.6. The number of hydrogen-bond acceptors (Lipinski definition) is 1. The predicted octanol–water partition coefficient (Wildman–Crippen LogP) is 6.50. The van der Waals surface area contributed by atoms with Gasteiger partial charge >= 0.3 is 0 Å². The van der Waals surface area contributed by atoms with Crippen LogP contribution in [-0.2, 0) is 5.41 Å². The van der Waals surface area contributed by atoms with Gasteiger partial charge in [0.05, 0.1) is 5.41 Å². The van der Waals surface area contributed by atoms with Crippen molar-refractivity contribution in [3.05, 3.63) is 112 Å². The molecule has 0 aromatic heterocycles. The first-order chi connectivity index (χ1) is 13.2. The van der Waals surface area contributed by atoms with Crippen LogP contribution in [0.15, 0.2) is 89.4 Å². The Morgan fingerprint density at radius 2 is 1.07 bits per heavy atom. The molecule has 1 N–H and O–H groups in total. The molecule has 0 amide bonds. The molecule has 2 heteroatoms. The Kier molecular flexibility index (Phi) is 2.89. The highest BCUT2D eigenvalue weighted by atomic mass is 79.9. The van der Waals surface area contributed by atoms with Crippen molar-refractivity contribution < 1.29 is 5.11 Å². The topological polar surface area (TPSA) is 20.2 Å². The van der Waals surface area contributed by atoms with Crippen molar-refractivity contribution in [3.63, 3.8) is 0 Å². The monoisotopic (exact) mass is 410 g/mol. The third-order valence-electron chi connectivity index (χ3n) is 6.04. The van der Waals surface area contributed by atoms with Gasteiger partial charge in [-0.1, -0.05) is 76.6 Å². The fourth-order valence-corrected chi connectivity index (χ4v) is 5.46. The third kappa shape index (κ3) is 1.74. The second-order valence-electron chi connectivity index (χ2n) is 7.26. The summed E-state index contributed by atoms with van der Waals surface area (Å²) in [6.45, 7) is 0. The van der Waals surface area contributed by atoms with Crippen molar-refractivity contribution in [2.75, 3.05) is 0 Å². The van der Waals surface area contributed by atoms with Gasteiger partial charge in [0.1, 0.15) is 5.75 Å². The molecule has 1 atom stereocenters. The van der Waals surface area contributed by atoms with Crippen LogP contribution in [0.2, 0.25) is 0 Å². The fourth-order valence-electron chi connectivity index (χ4n) is 5.10. The molecule has 4 aromatic rings. The zero-order valence-electron chi connectivity index (χ0n) is 14.4. The quantitative estimate of drug-likeness (QED) is 0.303. The smallest absolute Gasteiger partial charge is 0.115 e. The van der Waals surface area contributed by atoms with Gasteiger partial charge in [-0.05, 0) is 68.8 Å². The average Bonchev–Trinajstić information content (AvgIpc) is 3.14. The maximum Gasteiger partial charge on any atom is 0.115 e. The van der Waals surface area contributed by atoms with Gasteiger partial charge in [-0.3, -0.25) is 0 Å². The summed E-state index contributed by atoms with van der Waals surface area (Å²) < 4.78 is 1.07. The number of halogens is 1. The van der Waals surface area contributed by atoms with Crippen molar-refractivity contribution in [1.29, 1.82) is 0 Å². The van der Waals surface area contributed by atoms with E-state index in [-0.39, 0.29) is 5.41 Å². The number of phenols is 1. The maximum atomic E-state index is 10.4. The van der Waals surface area contributed by atoms with Gasteiger partial charge in [0.2, 0.25) is 0 Å². The first-order valence-corrected chi connectivity index (χ1v) is 9.84. The van der Waals surface area contributed by atoms with Gasteiger partial charge < -0.3 is 5.11 Å². The molecular formula is C25H15BrO. The van der Waals surface area contributed by atoms with E-state index in [1.807, 2.05) is 6.07 Å². The summed E-state index contributed by atoms with van der Waals surface area (Å²) >= 11 is 3.69. The zero-order chi connectivity index (χ0) is 18.2. The molecule has 1 nitrogen and oxygen atoms in total. The zero-order valence-corrected chi connectivity index (χ0v) is 16.0. The van der Waals surface area contributed by atoms with E-state index in [2.05, 4.69) is 88.7 Å². The molecule has 6 rings (SSSR count). The molecule has 1 spiro atoms. The Morgan fingerprint density at radius 1 is 0.556 bits per heavy atom. The first kappa shape index (κ1) is 15.2. The molecule has 2 aliphatic carbocycles. The summed E-state index contributed by atoms with van der Waals surface area (Å²) in [7, 11) is 0. The van der Waals surface area contributed by atoms with Gasteiger partial charge in [-0.25, -0.2) is 0 Å². The van der Waals surface area contributed by atoms with Crippen LogP contribution in [0.3, 0.4) is 0 Å². The highest BCUT2D eigenvalue weighted by Gasteiger charge is 2.51. The third-order valence-corrected chi connectivity index (χ3v) is 6.53. The lowest BCUT2D eigenvalue weighted by atomic mass is 9.70. The van der Waals surface area contributed by atoms with E-state index in [0.29, 0.717) is 5.75 Å². The molecule has 0 aliphatic heterocycles. The molecule has 0 saturated heterocycles. The molecule has 2 aliphatic rings. The largest absolute Gasteiger partial charge is 0.508 e. The highest BCUT2D eigenvalue weighted by Crippen LogP contribution is 2.63. The van der Waals surface area contributed by atoms with Gasteiger partial charge in [-0.2, -0.15) is 0 Å². The number of hydrogen-bond donors (Lipinski definition) is 1. The SMILES string of the molecule is Oc1ccc2c(c1)C1(c3ccccc3-2)c2ccccc2-c2ccc(Br)cc21. The number of rotatable bonds is 0. The lowest BCUT2D eigenvalue weighted by Crippen LogP contribution is -2.25. The number of aromatic hydroxyl groups is 1. The first-order valence-electron chi connectivity index (χ1n) is 9.04. The number of benzene rings is 4. The predicted molar refractivity (Wildman–Crippen MR) is 112 cm³/mol. The molecule has 27 heavy (non-hydrogen) atoms. The summed E-state index contributed by atoms with van der Waals surface area (Å²) in [5, 5.41) is 10.4. The summed E-state index contributed by atoms with van der Waals surface area (Å²) in [4.78, 5) is 0. The second kappa shape index (κ2) is 5.11. The lowest BCUT2D eigenvalue weighted by molar-refractivity contribution is 0.474. The van der Waals surface area contributed by atoms with Crippen LogP contribution >= 0.6 is 15.9 Å². The van der Waals surface area contributed by atoms with Crippen LogP contribution in [-0.4, -0.2) is 5.11 Å². The highest BCUT2D eigenvalue weighted by molar-refractivity contribution is 9.10. The van der Waals surface area contributed by atoms with Crippen LogP contribution in [0.5, 0.6) is 5.75 Å². The molecule has 4 aromatic carbocycles. The lowest BCUT2D eigenvalue weighted by Gasteiger charge is -2.30. The Labute approximate surface area is 166 Å². The summed E-state index contributed by atoms with van der Waals surface area (Å²) in [5.41, 5.74) is 9.60. The fraction of sp³-hybridized carbons (Fsp3) is 0.0400. The minimum Gasteiger partial charge on any atom is -0.508 e. The van der Waals surface area contributed by atoms with Crippen molar-refractivity contribution in [2.24, 2.45) is 0 Å². The van der Waals surface area contributed by atoms with Gasteiger partial charge in [-0.15, -0.1) is 0 Å². The van der Waals surface area contributed by atoms with Crippen LogP contribution < -0.4 is 0 Å². The Morgan fingerprint density at radius 3 is 1.74 bits per heavy atom. The second-order valence-corrected chi connectivity index (χ2v) is 8.18. The average molecular weight is 411 g/mol. The Hall–Kier alpha value is -2.84. The van der Waals surface area contributed by atoms with Crippen LogP contribution in [0, 0.1) is 0 Å². The molecule has 0 bridgehead atoms. The van der Waals surface area contributed by atoms with E-state index in [1.54, 1.807) is 6.07 Å². The van der Waals surface area contributed by atoms with E-state index in [0.717, 1.165) is 10.0 Å². The number of phenolic OH excluding ortho intramolecular Hbond substituents is 1. The minimum absolute atomic E-state index is 0.307. The van der Waals surface area contributed by atoms with Crippen molar-refractivity contribution in [3.8, 4) is 28.0 Å². The minimum atomic E-state index is -0.389. The molecule has 0 saturated carbocycles. The van der Waals surface area contributed by atoms with Gasteiger partial charge in [0.25, 0.3) is 0 Å². The van der Waals surface area contributed by atoms with Crippen LogP contribution in [0.1, 0.15) is 22.3 Å². The molecule has 1 unspecified atom stereocenters. The maximum absolute atomic E-state index is 10.4. The van der Waals surface area contributed by atoms with E-state index < -0.39 is 0 Å². The van der Waals surface area contributed by atoms with E-state index in [1.165, 1.54) is 38.9 Å². The van der Waals surface area contributed by atoms with E-state index in [4.69, 9.17) is 0 Å². The van der Waals surface area contributed by atoms with E-state index in [9.17, 15) is 5.11 Å². The van der Waals surface area contributed by atoms with Crippen molar-refractivity contribution in [1.82, 2.24) is 0 Å².